The first kappa shape index (κ1) is 13.3. The summed E-state index contributed by atoms with van der Waals surface area (Å²) < 4.78 is 0. The van der Waals surface area contributed by atoms with E-state index < -0.39 is 0 Å². The molecule has 1 aromatic heterocycles. The standard InChI is InChI=1S/C15H15ClOS/c1-2-11-5-7-12(8-6-11)10-13(15(16)17)14-4-3-9-18-14/h3-9,13H,2,10H2,1H3. The fourth-order valence-corrected chi connectivity index (χ4v) is 3.01. The molecule has 1 nitrogen and oxygen atoms in total. The summed E-state index contributed by atoms with van der Waals surface area (Å²) in [6, 6.07) is 12.3. The van der Waals surface area contributed by atoms with Crippen LogP contribution in [0.5, 0.6) is 0 Å². The number of thiophene rings is 1. The summed E-state index contributed by atoms with van der Waals surface area (Å²) in [5.41, 5.74) is 2.46. The first-order chi connectivity index (χ1) is 8.70. The fraction of sp³-hybridized carbons (Fsp3) is 0.267. The van der Waals surface area contributed by atoms with Crippen LogP contribution in [0.4, 0.5) is 0 Å². The van der Waals surface area contributed by atoms with Crippen LogP contribution in [0, 0.1) is 0 Å². The third-order valence-corrected chi connectivity index (χ3v) is 4.28. The second-order valence-corrected chi connectivity index (χ2v) is 5.60. The van der Waals surface area contributed by atoms with Gasteiger partial charge in [0.25, 0.3) is 0 Å². The van der Waals surface area contributed by atoms with Crippen molar-refractivity contribution < 1.29 is 4.79 Å². The highest BCUT2D eigenvalue weighted by Crippen LogP contribution is 2.27. The van der Waals surface area contributed by atoms with Gasteiger partial charge in [0.05, 0.1) is 5.92 Å². The van der Waals surface area contributed by atoms with Crippen molar-refractivity contribution in [3.05, 3.63) is 57.8 Å². The lowest BCUT2D eigenvalue weighted by atomic mass is 9.98. The van der Waals surface area contributed by atoms with Gasteiger partial charge in [-0.15, -0.1) is 11.3 Å². The van der Waals surface area contributed by atoms with Crippen LogP contribution >= 0.6 is 22.9 Å². The van der Waals surface area contributed by atoms with Gasteiger partial charge in [-0.1, -0.05) is 37.3 Å². The Morgan fingerprint density at radius 2 is 1.89 bits per heavy atom. The number of aryl methyl sites for hydroxylation is 1. The van der Waals surface area contributed by atoms with Gasteiger partial charge in [0.2, 0.25) is 5.24 Å². The Morgan fingerprint density at radius 3 is 2.39 bits per heavy atom. The van der Waals surface area contributed by atoms with Crippen LogP contribution in [0.15, 0.2) is 41.8 Å². The summed E-state index contributed by atoms with van der Waals surface area (Å²) >= 11 is 7.29. The monoisotopic (exact) mass is 278 g/mol. The first-order valence-electron chi connectivity index (χ1n) is 6.01. The van der Waals surface area contributed by atoms with Crippen molar-refractivity contribution >= 4 is 28.2 Å². The smallest absolute Gasteiger partial charge is 0.230 e. The number of carbonyl (C=O) groups excluding carboxylic acids is 1. The van der Waals surface area contributed by atoms with E-state index in [9.17, 15) is 4.79 Å². The molecule has 0 aliphatic carbocycles. The number of benzene rings is 1. The normalized spacial score (nSPS) is 12.3. The highest BCUT2D eigenvalue weighted by Gasteiger charge is 2.20. The number of carbonyl (C=O) groups is 1. The van der Waals surface area contributed by atoms with Gasteiger partial charge >= 0.3 is 0 Å². The van der Waals surface area contributed by atoms with Crippen LogP contribution in [0.2, 0.25) is 0 Å². The molecule has 0 bridgehead atoms. The lowest BCUT2D eigenvalue weighted by molar-refractivity contribution is -0.112. The average Bonchev–Trinajstić information content (AvgIpc) is 2.90. The molecule has 3 heteroatoms. The molecular formula is C15H15ClOS. The maximum absolute atomic E-state index is 11.5. The number of halogens is 1. The molecule has 0 aliphatic rings. The van der Waals surface area contributed by atoms with Gasteiger partial charge in [0.1, 0.15) is 0 Å². The molecule has 0 aliphatic heterocycles. The topological polar surface area (TPSA) is 17.1 Å². The zero-order chi connectivity index (χ0) is 13.0. The predicted molar refractivity (Wildman–Crippen MR) is 77.4 cm³/mol. The molecule has 2 aromatic rings. The summed E-state index contributed by atoms with van der Waals surface area (Å²) in [7, 11) is 0. The van der Waals surface area contributed by atoms with E-state index in [4.69, 9.17) is 11.6 Å². The SMILES string of the molecule is CCc1ccc(CC(C(=O)Cl)c2cccs2)cc1. The lowest BCUT2D eigenvalue weighted by Gasteiger charge is -2.11. The van der Waals surface area contributed by atoms with Gasteiger partial charge in [-0.25, -0.2) is 0 Å². The Hall–Kier alpha value is -1.12. The quantitative estimate of drug-likeness (QED) is 0.741. The Balaban J connectivity index is 2.16. The van der Waals surface area contributed by atoms with Crippen molar-refractivity contribution in [2.75, 3.05) is 0 Å². The van der Waals surface area contributed by atoms with Gasteiger partial charge in [-0.3, -0.25) is 4.79 Å². The molecule has 94 valence electrons. The van der Waals surface area contributed by atoms with Crippen molar-refractivity contribution in [3.63, 3.8) is 0 Å². The molecule has 1 aromatic carbocycles. The van der Waals surface area contributed by atoms with E-state index in [1.807, 2.05) is 17.5 Å². The molecular weight excluding hydrogens is 264 g/mol. The molecule has 0 fully saturated rings. The largest absolute Gasteiger partial charge is 0.281 e. The molecule has 1 unspecified atom stereocenters. The van der Waals surface area contributed by atoms with Crippen LogP contribution in [-0.2, 0) is 17.6 Å². The Labute approximate surface area is 116 Å². The zero-order valence-electron chi connectivity index (χ0n) is 10.2. The summed E-state index contributed by atoms with van der Waals surface area (Å²) in [5, 5.41) is 1.69. The van der Waals surface area contributed by atoms with Crippen molar-refractivity contribution in [1.29, 1.82) is 0 Å². The van der Waals surface area contributed by atoms with Gasteiger partial charge in [-0.2, -0.15) is 0 Å². The first-order valence-corrected chi connectivity index (χ1v) is 7.27. The molecule has 0 N–H and O–H groups in total. The predicted octanol–water partition coefficient (Wildman–Crippen LogP) is 4.40. The third kappa shape index (κ3) is 3.21. The minimum atomic E-state index is -0.281. The highest BCUT2D eigenvalue weighted by atomic mass is 35.5. The minimum Gasteiger partial charge on any atom is -0.281 e. The van der Waals surface area contributed by atoms with Crippen molar-refractivity contribution in [2.45, 2.75) is 25.7 Å². The van der Waals surface area contributed by atoms with Crippen molar-refractivity contribution in [3.8, 4) is 0 Å². The zero-order valence-corrected chi connectivity index (χ0v) is 11.8. The van der Waals surface area contributed by atoms with E-state index in [1.54, 1.807) is 11.3 Å². The lowest BCUT2D eigenvalue weighted by Crippen LogP contribution is -2.08. The second-order valence-electron chi connectivity index (χ2n) is 4.25. The van der Waals surface area contributed by atoms with Crippen LogP contribution in [0.3, 0.4) is 0 Å². The maximum Gasteiger partial charge on any atom is 0.230 e. The van der Waals surface area contributed by atoms with E-state index in [0.29, 0.717) is 6.42 Å². The van der Waals surface area contributed by atoms with Crippen LogP contribution in [0.1, 0.15) is 28.8 Å². The molecule has 2 rings (SSSR count). The Morgan fingerprint density at radius 1 is 1.22 bits per heavy atom. The van der Waals surface area contributed by atoms with E-state index in [2.05, 4.69) is 31.2 Å². The van der Waals surface area contributed by atoms with Crippen LogP contribution < -0.4 is 0 Å². The molecule has 0 saturated heterocycles. The summed E-state index contributed by atoms with van der Waals surface area (Å²) in [5.74, 6) is -0.223. The van der Waals surface area contributed by atoms with Gasteiger partial charge in [0.15, 0.2) is 0 Å². The number of rotatable bonds is 5. The Kier molecular flexibility index (Phi) is 4.56. The number of hydrogen-bond acceptors (Lipinski definition) is 2. The molecule has 0 spiro atoms. The third-order valence-electron chi connectivity index (χ3n) is 3.03. The Bertz CT molecular complexity index is 502. The van der Waals surface area contributed by atoms with Gasteiger partial charge in [-0.05, 0) is 47.0 Å². The highest BCUT2D eigenvalue weighted by molar-refractivity contribution is 7.10. The molecule has 0 radical (unpaired) electrons. The summed E-state index contributed by atoms with van der Waals surface area (Å²) in [6.07, 6.45) is 1.70. The van der Waals surface area contributed by atoms with E-state index in [0.717, 1.165) is 16.9 Å². The molecule has 1 heterocycles. The molecule has 0 saturated carbocycles. The maximum atomic E-state index is 11.5. The average molecular weight is 279 g/mol. The van der Waals surface area contributed by atoms with Crippen LogP contribution in [0.25, 0.3) is 0 Å². The van der Waals surface area contributed by atoms with E-state index in [-0.39, 0.29) is 11.2 Å². The van der Waals surface area contributed by atoms with Gasteiger partial charge in [0, 0.05) is 4.88 Å². The molecule has 18 heavy (non-hydrogen) atoms. The molecule has 0 amide bonds. The van der Waals surface area contributed by atoms with Crippen LogP contribution in [-0.4, -0.2) is 5.24 Å². The molecule has 1 atom stereocenters. The fourth-order valence-electron chi connectivity index (χ4n) is 1.93. The summed E-state index contributed by atoms with van der Waals surface area (Å²) in [6.45, 7) is 2.13. The van der Waals surface area contributed by atoms with E-state index >= 15 is 0 Å². The van der Waals surface area contributed by atoms with E-state index in [1.165, 1.54) is 5.56 Å². The minimum absolute atomic E-state index is 0.223. The second kappa shape index (κ2) is 6.17. The number of hydrogen-bond donors (Lipinski definition) is 0. The summed E-state index contributed by atoms with van der Waals surface area (Å²) in [4.78, 5) is 12.6. The van der Waals surface area contributed by atoms with Crippen molar-refractivity contribution in [2.24, 2.45) is 0 Å². The van der Waals surface area contributed by atoms with Crippen molar-refractivity contribution in [1.82, 2.24) is 0 Å². The van der Waals surface area contributed by atoms with Gasteiger partial charge < -0.3 is 0 Å².